The number of hydrogen-bond donors (Lipinski definition) is 2. The summed E-state index contributed by atoms with van der Waals surface area (Å²) in [6.07, 6.45) is 1.18. The lowest BCUT2D eigenvalue weighted by Crippen LogP contribution is -2.47. The van der Waals surface area contributed by atoms with E-state index in [4.69, 9.17) is 44.6 Å². The molecule has 1 unspecified atom stereocenters. The first-order chi connectivity index (χ1) is 9.81. The van der Waals surface area contributed by atoms with E-state index in [0.717, 1.165) is 0 Å². The van der Waals surface area contributed by atoms with Gasteiger partial charge in [0, 0.05) is 18.2 Å². The minimum atomic E-state index is -0.462. The van der Waals surface area contributed by atoms with Gasteiger partial charge in [0.15, 0.2) is 6.61 Å². The van der Waals surface area contributed by atoms with Crippen LogP contribution >= 0.6 is 34.8 Å². The number of carbonyl (C=O) groups excluding carboxylic acids is 1. The maximum atomic E-state index is 11.9. The summed E-state index contributed by atoms with van der Waals surface area (Å²) in [5.41, 5.74) is -0.462. The summed E-state index contributed by atoms with van der Waals surface area (Å²) in [4.78, 5) is 11.9. The van der Waals surface area contributed by atoms with Crippen molar-refractivity contribution >= 4 is 40.7 Å². The standard InChI is InChI=1S/C14H18Cl3NO3/c1-3-14(2,4-5-19)18-13(20)8-21-12-7-10(16)9(15)6-11(12)17/h6-7,19H,3-5,8H2,1-2H3,(H,18,20). The van der Waals surface area contributed by atoms with Crippen molar-refractivity contribution in [3.63, 3.8) is 0 Å². The SMILES string of the molecule is CCC(C)(CCO)NC(=O)COc1cc(Cl)c(Cl)cc1Cl. The fourth-order valence-electron chi connectivity index (χ4n) is 1.71. The lowest BCUT2D eigenvalue weighted by Gasteiger charge is -2.28. The van der Waals surface area contributed by atoms with Crippen LogP contribution in [0.25, 0.3) is 0 Å². The number of benzene rings is 1. The molecule has 21 heavy (non-hydrogen) atoms. The third kappa shape index (κ3) is 5.55. The average molecular weight is 355 g/mol. The van der Waals surface area contributed by atoms with Crippen LogP contribution in [0.4, 0.5) is 0 Å². The summed E-state index contributed by atoms with van der Waals surface area (Å²) < 4.78 is 5.35. The molecule has 1 aromatic carbocycles. The van der Waals surface area contributed by atoms with Gasteiger partial charge in [0.1, 0.15) is 5.75 Å². The third-order valence-corrected chi connectivity index (χ3v) is 4.24. The lowest BCUT2D eigenvalue weighted by molar-refractivity contribution is -0.125. The maximum absolute atomic E-state index is 11.9. The number of ether oxygens (including phenoxy) is 1. The lowest BCUT2D eigenvalue weighted by atomic mass is 9.95. The number of rotatable bonds is 7. The molecule has 0 saturated carbocycles. The normalized spacial score (nSPS) is 13.6. The molecule has 0 aliphatic rings. The topological polar surface area (TPSA) is 58.6 Å². The molecule has 0 aliphatic heterocycles. The summed E-state index contributed by atoms with van der Waals surface area (Å²) in [5.74, 6) is -0.00323. The summed E-state index contributed by atoms with van der Waals surface area (Å²) in [6, 6.07) is 2.92. The van der Waals surface area contributed by atoms with E-state index in [1.165, 1.54) is 12.1 Å². The number of nitrogens with one attached hydrogen (secondary N) is 1. The molecule has 7 heteroatoms. The molecule has 0 fully saturated rings. The van der Waals surface area contributed by atoms with Gasteiger partial charge >= 0.3 is 0 Å². The Balaban J connectivity index is 2.63. The van der Waals surface area contributed by atoms with Crippen LogP contribution in [0.3, 0.4) is 0 Å². The molecule has 0 aliphatic carbocycles. The number of hydrogen-bond acceptors (Lipinski definition) is 3. The largest absolute Gasteiger partial charge is 0.482 e. The predicted molar refractivity (Wildman–Crippen MR) is 85.5 cm³/mol. The number of amides is 1. The van der Waals surface area contributed by atoms with E-state index < -0.39 is 5.54 Å². The monoisotopic (exact) mass is 353 g/mol. The van der Waals surface area contributed by atoms with Crippen LogP contribution in [0.1, 0.15) is 26.7 Å². The molecule has 2 N–H and O–H groups in total. The van der Waals surface area contributed by atoms with E-state index in [1.807, 2.05) is 13.8 Å². The molecule has 0 saturated heterocycles. The van der Waals surface area contributed by atoms with Crippen LogP contribution in [-0.4, -0.2) is 29.8 Å². The van der Waals surface area contributed by atoms with E-state index >= 15 is 0 Å². The Morgan fingerprint density at radius 1 is 1.29 bits per heavy atom. The fraction of sp³-hybridized carbons (Fsp3) is 0.500. The van der Waals surface area contributed by atoms with Crippen LogP contribution in [-0.2, 0) is 4.79 Å². The number of aliphatic hydroxyl groups excluding tert-OH is 1. The van der Waals surface area contributed by atoms with Gasteiger partial charge in [-0.25, -0.2) is 0 Å². The molecule has 1 amide bonds. The van der Waals surface area contributed by atoms with E-state index in [2.05, 4.69) is 5.32 Å². The summed E-state index contributed by atoms with van der Waals surface area (Å²) in [5, 5.41) is 12.8. The molecular formula is C14H18Cl3NO3. The highest BCUT2D eigenvalue weighted by Gasteiger charge is 2.23. The van der Waals surface area contributed by atoms with Gasteiger partial charge in [-0.1, -0.05) is 41.7 Å². The Bertz CT molecular complexity index is 510. The van der Waals surface area contributed by atoms with Crippen LogP contribution in [0, 0.1) is 0 Å². The van der Waals surface area contributed by atoms with Crippen LogP contribution in [0.5, 0.6) is 5.75 Å². The molecule has 0 heterocycles. The van der Waals surface area contributed by atoms with Crippen LogP contribution < -0.4 is 10.1 Å². The van der Waals surface area contributed by atoms with Crippen LogP contribution in [0.2, 0.25) is 15.1 Å². The molecule has 4 nitrogen and oxygen atoms in total. The second kappa shape index (κ2) is 8.08. The molecule has 0 radical (unpaired) electrons. The summed E-state index contributed by atoms with van der Waals surface area (Å²) in [6.45, 7) is 3.61. The smallest absolute Gasteiger partial charge is 0.258 e. The number of carbonyl (C=O) groups is 1. The van der Waals surface area contributed by atoms with E-state index in [0.29, 0.717) is 28.6 Å². The highest BCUT2D eigenvalue weighted by molar-refractivity contribution is 6.43. The molecule has 1 aromatic rings. The second-order valence-electron chi connectivity index (χ2n) is 4.92. The second-order valence-corrected chi connectivity index (χ2v) is 6.14. The molecular weight excluding hydrogens is 337 g/mol. The summed E-state index contributed by atoms with van der Waals surface area (Å²) >= 11 is 17.6. The molecule has 118 valence electrons. The Morgan fingerprint density at radius 3 is 2.48 bits per heavy atom. The number of halogens is 3. The Morgan fingerprint density at radius 2 is 1.90 bits per heavy atom. The Labute approximate surface area is 139 Å². The van der Waals surface area contributed by atoms with Gasteiger partial charge in [0.05, 0.1) is 15.1 Å². The van der Waals surface area contributed by atoms with Crippen LogP contribution in [0.15, 0.2) is 12.1 Å². The fourth-order valence-corrected chi connectivity index (χ4v) is 2.30. The predicted octanol–water partition coefficient (Wildman–Crippen LogP) is 3.69. The third-order valence-electron chi connectivity index (χ3n) is 3.22. The molecule has 0 aromatic heterocycles. The van der Waals surface area contributed by atoms with Crippen molar-refractivity contribution < 1.29 is 14.6 Å². The van der Waals surface area contributed by atoms with E-state index in [9.17, 15) is 4.79 Å². The zero-order valence-corrected chi connectivity index (χ0v) is 14.1. The zero-order valence-electron chi connectivity index (χ0n) is 11.9. The quantitative estimate of drug-likeness (QED) is 0.734. The first-order valence-electron chi connectivity index (χ1n) is 6.50. The molecule has 1 atom stereocenters. The first kappa shape index (κ1) is 18.4. The van der Waals surface area contributed by atoms with Crippen molar-refractivity contribution in [2.24, 2.45) is 0 Å². The Kier molecular flexibility index (Phi) is 7.07. The van der Waals surface area contributed by atoms with Gasteiger partial charge in [-0.3, -0.25) is 4.79 Å². The van der Waals surface area contributed by atoms with Crippen molar-refractivity contribution in [3.8, 4) is 5.75 Å². The minimum absolute atomic E-state index is 0.00407. The minimum Gasteiger partial charge on any atom is -0.482 e. The highest BCUT2D eigenvalue weighted by Crippen LogP contribution is 2.33. The average Bonchev–Trinajstić information content (AvgIpc) is 2.41. The molecule has 0 bridgehead atoms. The van der Waals surface area contributed by atoms with Crippen molar-refractivity contribution in [3.05, 3.63) is 27.2 Å². The Hall–Kier alpha value is -0.680. The first-order valence-corrected chi connectivity index (χ1v) is 7.64. The van der Waals surface area contributed by atoms with Gasteiger partial charge in [0.25, 0.3) is 5.91 Å². The van der Waals surface area contributed by atoms with E-state index in [1.54, 1.807) is 0 Å². The summed E-state index contributed by atoms with van der Waals surface area (Å²) in [7, 11) is 0. The molecule has 0 spiro atoms. The highest BCUT2D eigenvalue weighted by atomic mass is 35.5. The van der Waals surface area contributed by atoms with Gasteiger partial charge in [-0.05, 0) is 25.8 Å². The van der Waals surface area contributed by atoms with Crippen molar-refractivity contribution in [2.75, 3.05) is 13.2 Å². The van der Waals surface area contributed by atoms with Crippen molar-refractivity contribution in [2.45, 2.75) is 32.2 Å². The van der Waals surface area contributed by atoms with Crippen molar-refractivity contribution in [1.82, 2.24) is 5.32 Å². The number of aliphatic hydroxyl groups is 1. The zero-order chi connectivity index (χ0) is 16.0. The maximum Gasteiger partial charge on any atom is 0.258 e. The van der Waals surface area contributed by atoms with Gasteiger partial charge in [-0.2, -0.15) is 0 Å². The van der Waals surface area contributed by atoms with E-state index in [-0.39, 0.29) is 24.1 Å². The van der Waals surface area contributed by atoms with Crippen molar-refractivity contribution in [1.29, 1.82) is 0 Å². The molecule has 1 rings (SSSR count). The van der Waals surface area contributed by atoms with Gasteiger partial charge in [0.2, 0.25) is 0 Å². The van der Waals surface area contributed by atoms with Gasteiger partial charge < -0.3 is 15.2 Å². The van der Waals surface area contributed by atoms with Gasteiger partial charge in [-0.15, -0.1) is 0 Å².